The molecule has 2 nitrogen and oxygen atoms in total. The lowest BCUT2D eigenvalue weighted by Crippen LogP contribution is -2.11. The number of carbonyl (C=O) groups is 1. The maximum atomic E-state index is 12.3. The third-order valence-electron chi connectivity index (χ3n) is 2.84. The number of pyridine rings is 1. The van der Waals surface area contributed by atoms with Crippen LogP contribution in [0.4, 0.5) is 0 Å². The molecule has 1 atom stereocenters. The van der Waals surface area contributed by atoms with E-state index in [1.165, 1.54) is 0 Å². The van der Waals surface area contributed by atoms with Gasteiger partial charge in [-0.3, -0.25) is 9.78 Å². The molecule has 0 bridgehead atoms. The third-order valence-corrected chi connectivity index (χ3v) is 4.15. The molecule has 19 heavy (non-hydrogen) atoms. The zero-order valence-corrected chi connectivity index (χ0v) is 12.3. The molecule has 2 aromatic rings. The SMILES string of the molecule is CC(C(=O)c1ccccn1)c1ccc(Cl)c(Cl)c1Cl. The van der Waals surface area contributed by atoms with Gasteiger partial charge >= 0.3 is 0 Å². The molecule has 0 aliphatic rings. The van der Waals surface area contributed by atoms with E-state index in [4.69, 9.17) is 34.8 Å². The standard InChI is InChI=1S/C14H10Cl3NO/c1-8(14(19)11-4-2-3-7-18-11)9-5-6-10(15)13(17)12(9)16/h2-8H,1H3. The van der Waals surface area contributed by atoms with E-state index in [2.05, 4.69) is 4.98 Å². The van der Waals surface area contributed by atoms with E-state index >= 15 is 0 Å². The normalized spacial score (nSPS) is 12.2. The molecule has 0 N–H and O–H groups in total. The fourth-order valence-corrected chi connectivity index (χ4v) is 2.45. The van der Waals surface area contributed by atoms with Crippen LogP contribution in [0.3, 0.4) is 0 Å². The summed E-state index contributed by atoms with van der Waals surface area (Å²) in [7, 11) is 0. The molecule has 1 unspecified atom stereocenters. The molecule has 2 rings (SSSR count). The van der Waals surface area contributed by atoms with Crippen LogP contribution in [0.2, 0.25) is 15.1 Å². The molecule has 0 fully saturated rings. The first kappa shape index (κ1) is 14.3. The average Bonchev–Trinajstić information content (AvgIpc) is 2.44. The van der Waals surface area contributed by atoms with Crippen molar-refractivity contribution in [2.24, 2.45) is 0 Å². The predicted molar refractivity (Wildman–Crippen MR) is 78.5 cm³/mol. The summed E-state index contributed by atoms with van der Waals surface area (Å²) < 4.78 is 0. The van der Waals surface area contributed by atoms with Gasteiger partial charge < -0.3 is 0 Å². The molecule has 0 saturated carbocycles. The highest BCUT2D eigenvalue weighted by Gasteiger charge is 2.22. The fourth-order valence-electron chi connectivity index (χ4n) is 1.75. The minimum Gasteiger partial charge on any atom is -0.292 e. The predicted octanol–water partition coefficient (Wildman–Crippen LogP) is 5.03. The van der Waals surface area contributed by atoms with Crippen molar-refractivity contribution in [2.45, 2.75) is 12.8 Å². The zero-order valence-electron chi connectivity index (χ0n) is 10.0. The summed E-state index contributed by atoms with van der Waals surface area (Å²) in [5.74, 6) is -0.543. The molecule has 0 saturated heterocycles. The first-order valence-corrected chi connectivity index (χ1v) is 6.74. The number of hydrogen-bond acceptors (Lipinski definition) is 2. The Morgan fingerprint density at radius 3 is 2.47 bits per heavy atom. The molecular formula is C14H10Cl3NO. The summed E-state index contributed by atoms with van der Waals surface area (Å²) in [4.78, 5) is 16.3. The van der Waals surface area contributed by atoms with Gasteiger partial charge in [0.15, 0.2) is 5.78 Å². The number of carbonyl (C=O) groups excluding carboxylic acids is 1. The molecule has 1 aromatic carbocycles. The Kier molecular flexibility index (Phi) is 4.46. The van der Waals surface area contributed by atoms with E-state index in [1.54, 1.807) is 43.5 Å². The van der Waals surface area contributed by atoms with Gasteiger partial charge in [-0.15, -0.1) is 0 Å². The maximum absolute atomic E-state index is 12.3. The zero-order chi connectivity index (χ0) is 14.0. The van der Waals surface area contributed by atoms with Crippen LogP contribution in [0.5, 0.6) is 0 Å². The van der Waals surface area contributed by atoms with Crippen molar-refractivity contribution in [2.75, 3.05) is 0 Å². The van der Waals surface area contributed by atoms with Gasteiger partial charge in [0.25, 0.3) is 0 Å². The molecule has 1 heterocycles. The number of aromatic nitrogens is 1. The lowest BCUT2D eigenvalue weighted by Gasteiger charge is -2.13. The summed E-state index contributed by atoms with van der Waals surface area (Å²) in [5.41, 5.74) is 1.05. The summed E-state index contributed by atoms with van der Waals surface area (Å²) in [5, 5.41) is 0.945. The number of halogens is 3. The minimum absolute atomic E-state index is 0.110. The number of nitrogens with zero attached hydrogens (tertiary/aromatic N) is 1. The van der Waals surface area contributed by atoms with Crippen molar-refractivity contribution >= 4 is 40.6 Å². The number of benzene rings is 1. The second-order valence-electron chi connectivity index (χ2n) is 4.07. The Morgan fingerprint density at radius 2 is 1.84 bits per heavy atom. The summed E-state index contributed by atoms with van der Waals surface area (Å²) in [6.45, 7) is 1.77. The van der Waals surface area contributed by atoms with Crippen molar-refractivity contribution in [1.82, 2.24) is 4.98 Å². The molecule has 98 valence electrons. The average molecular weight is 315 g/mol. The Bertz CT molecular complexity index is 614. The molecule has 1 aromatic heterocycles. The largest absolute Gasteiger partial charge is 0.292 e. The number of Topliss-reactive ketones (excluding diaryl/α,β-unsaturated/α-hetero) is 1. The van der Waals surface area contributed by atoms with Crippen LogP contribution in [0, 0.1) is 0 Å². The van der Waals surface area contributed by atoms with Gasteiger partial charge in [-0.1, -0.05) is 53.9 Å². The van der Waals surface area contributed by atoms with Crippen LogP contribution in [-0.4, -0.2) is 10.8 Å². The van der Waals surface area contributed by atoms with E-state index < -0.39 is 5.92 Å². The summed E-state index contributed by atoms with van der Waals surface area (Å²) in [6, 6.07) is 8.54. The van der Waals surface area contributed by atoms with Gasteiger partial charge in [0.2, 0.25) is 0 Å². The summed E-state index contributed by atoms with van der Waals surface area (Å²) in [6.07, 6.45) is 1.58. The Hall–Kier alpha value is -1.09. The molecule has 0 spiro atoms. The van der Waals surface area contributed by atoms with E-state index in [0.29, 0.717) is 21.3 Å². The molecule has 0 amide bonds. The second kappa shape index (κ2) is 5.91. The van der Waals surface area contributed by atoms with Gasteiger partial charge in [0, 0.05) is 12.1 Å². The van der Waals surface area contributed by atoms with E-state index in [1.807, 2.05) is 0 Å². The number of hydrogen-bond donors (Lipinski definition) is 0. The first-order chi connectivity index (χ1) is 9.02. The van der Waals surface area contributed by atoms with Crippen molar-refractivity contribution in [1.29, 1.82) is 0 Å². The van der Waals surface area contributed by atoms with Crippen LogP contribution < -0.4 is 0 Å². The topological polar surface area (TPSA) is 30.0 Å². The highest BCUT2D eigenvalue weighted by atomic mass is 35.5. The Balaban J connectivity index is 2.38. The first-order valence-electron chi connectivity index (χ1n) is 5.61. The molecular weight excluding hydrogens is 305 g/mol. The van der Waals surface area contributed by atoms with Crippen LogP contribution in [0.25, 0.3) is 0 Å². The quantitative estimate of drug-likeness (QED) is 0.587. The number of ketones is 1. The van der Waals surface area contributed by atoms with Gasteiger partial charge in [-0.2, -0.15) is 0 Å². The van der Waals surface area contributed by atoms with Crippen LogP contribution >= 0.6 is 34.8 Å². The smallest absolute Gasteiger partial charge is 0.188 e. The molecule has 0 aliphatic carbocycles. The second-order valence-corrected chi connectivity index (χ2v) is 5.23. The summed E-state index contributed by atoms with van der Waals surface area (Å²) >= 11 is 18.0. The fraction of sp³-hybridized carbons (Fsp3) is 0.143. The van der Waals surface area contributed by atoms with Crippen molar-refractivity contribution in [3.63, 3.8) is 0 Å². The van der Waals surface area contributed by atoms with E-state index in [0.717, 1.165) is 0 Å². The monoisotopic (exact) mass is 313 g/mol. The van der Waals surface area contributed by atoms with Crippen molar-refractivity contribution in [3.05, 3.63) is 62.9 Å². The lowest BCUT2D eigenvalue weighted by atomic mass is 9.94. The Morgan fingerprint density at radius 1 is 1.11 bits per heavy atom. The third kappa shape index (κ3) is 2.92. The van der Waals surface area contributed by atoms with Crippen LogP contribution in [0.1, 0.15) is 28.9 Å². The minimum atomic E-state index is -0.433. The van der Waals surface area contributed by atoms with E-state index in [-0.39, 0.29) is 10.8 Å². The highest BCUT2D eigenvalue weighted by molar-refractivity contribution is 6.48. The van der Waals surface area contributed by atoms with Crippen molar-refractivity contribution < 1.29 is 4.79 Å². The lowest BCUT2D eigenvalue weighted by molar-refractivity contribution is 0.0961. The molecule has 0 radical (unpaired) electrons. The van der Waals surface area contributed by atoms with Gasteiger partial charge in [-0.05, 0) is 23.8 Å². The molecule has 5 heteroatoms. The van der Waals surface area contributed by atoms with E-state index in [9.17, 15) is 4.79 Å². The van der Waals surface area contributed by atoms with Gasteiger partial charge in [-0.25, -0.2) is 0 Å². The highest BCUT2D eigenvalue weighted by Crippen LogP contribution is 2.36. The molecule has 0 aliphatic heterocycles. The van der Waals surface area contributed by atoms with Crippen LogP contribution in [-0.2, 0) is 0 Å². The van der Waals surface area contributed by atoms with Gasteiger partial charge in [0.1, 0.15) is 5.69 Å². The number of rotatable bonds is 3. The van der Waals surface area contributed by atoms with Crippen molar-refractivity contribution in [3.8, 4) is 0 Å². The van der Waals surface area contributed by atoms with Crippen LogP contribution in [0.15, 0.2) is 36.5 Å². The van der Waals surface area contributed by atoms with Gasteiger partial charge in [0.05, 0.1) is 15.1 Å². The maximum Gasteiger partial charge on any atom is 0.188 e. The Labute approximate surface area is 126 Å².